The Labute approximate surface area is 97.3 Å². The number of rotatable bonds is 1. The van der Waals surface area contributed by atoms with E-state index in [0.29, 0.717) is 5.82 Å². The summed E-state index contributed by atoms with van der Waals surface area (Å²) in [7, 11) is 0. The molecule has 0 spiro atoms. The monoisotopic (exact) mass is 290 g/mol. The molecule has 72 valence electrons. The van der Waals surface area contributed by atoms with E-state index >= 15 is 0 Å². The van der Waals surface area contributed by atoms with E-state index in [9.17, 15) is 0 Å². The van der Waals surface area contributed by atoms with Crippen LogP contribution in [0.4, 0.5) is 5.95 Å². The van der Waals surface area contributed by atoms with E-state index < -0.39 is 0 Å². The molecule has 0 saturated carbocycles. The summed E-state index contributed by atoms with van der Waals surface area (Å²) in [6, 6.07) is 1.90. The van der Waals surface area contributed by atoms with E-state index in [1.54, 1.807) is 11.3 Å². The third kappa shape index (κ3) is 2.02. The van der Waals surface area contributed by atoms with Crippen LogP contribution < -0.4 is 5.73 Å². The molecule has 0 radical (unpaired) electrons. The molecule has 14 heavy (non-hydrogen) atoms. The van der Waals surface area contributed by atoms with Crippen LogP contribution in [0.15, 0.2) is 15.2 Å². The minimum Gasteiger partial charge on any atom is -0.368 e. The molecule has 2 aromatic rings. The summed E-state index contributed by atoms with van der Waals surface area (Å²) in [5.41, 5.74) is 6.32. The molecule has 0 aromatic carbocycles. The zero-order valence-corrected chi connectivity index (χ0v) is 9.90. The number of anilines is 1. The predicted octanol–water partition coefficient (Wildman–Crippen LogP) is 2.60. The first kappa shape index (κ1) is 9.82. The van der Waals surface area contributed by atoms with Crippen molar-refractivity contribution in [1.82, 2.24) is 15.0 Å². The highest BCUT2D eigenvalue weighted by molar-refractivity contribution is 9.11. The van der Waals surface area contributed by atoms with Gasteiger partial charge in [-0.3, -0.25) is 0 Å². The van der Waals surface area contributed by atoms with Crippen LogP contribution >= 0.6 is 38.9 Å². The lowest BCUT2D eigenvalue weighted by molar-refractivity contribution is 1.07. The van der Waals surface area contributed by atoms with Gasteiger partial charge in [0.2, 0.25) is 11.2 Å². The molecule has 0 aliphatic carbocycles. The number of hydrogen-bond donors (Lipinski definition) is 1. The molecular weight excluding hydrogens is 288 g/mol. The summed E-state index contributed by atoms with van der Waals surface area (Å²) in [5, 5.41) is 2.02. The molecule has 0 atom stereocenters. The van der Waals surface area contributed by atoms with Gasteiger partial charge in [0.05, 0.1) is 3.79 Å². The molecule has 2 aromatic heterocycles. The molecule has 2 N–H and O–H groups in total. The van der Waals surface area contributed by atoms with E-state index in [2.05, 4.69) is 30.9 Å². The summed E-state index contributed by atoms with van der Waals surface area (Å²) in [6.45, 7) is 0. The largest absolute Gasteiger partial charge is 0.368 e. The van der Waals surface area contributed by atoms with Crippen LogP contribution in [-0.2, 0) is 0 Å². The van der Waals surface area contributed by atoms with Crippen LogP contribution in [0.1, 0.15) is 0 Å². The number of nitrogens with zero attached hydrogens (tertiary/aromatic N) is 3. The quantitative estimate of drug-likeness (QED) is 0.877. The molecule has 0 amide bonds. The van der Waals surface area contributed by atoms with Gasteiger partial charge in [-0.15, -0.1) is 11.3 Å². The van der Waals surface area contributed by atoms with E-state index in [1.807, 2.05) is 11.4 Å². The molecule has 2 heterocycles. The topological polar surface area (TPSA) is 64.7 Å². The van der Waals surface area contributed by atoms with Crippen molar-refractivity contribution in [2.75, 3.05) is 5.73 Å². The van der Waals surface area contributed by atoms with Crippen molar-refractivity contribution in [3.8, 4) is 11.4 Å². The van der Waals surface area contributed by atoms with Crippen LogP contribution in [0.3, 0.4) is 0 Å². The van der Waals surface area contributed by atoms with Gasteiger partial charge in [-0.05, 0) is 33.6 Å². The number of halogens is 2. The molecule has 7 heteroatoms. The molecule has 0 fully saturated rings. The number of aromatic nitrogens is 3. The van der Waals surface area contributed by atoms with Gasteiger partial charge in [0.1, 0.15) is 0 Å². The Balaban J connectivity index is 2.51. The second kappa shape index (κ2) is 3.80. The van der Waals surface area contributed by atoms with Crippen molar-refractivity contribution in [2.24, 2.45) is 0 Å². The predicted molar refractivity (Wildman–Crippen MR) is 60.3 cm³/mol. The van der Waals surface area contributed by atoms with Crippen molar-refractivity contribution in [3.05, 3.63) is 20.5 Å². The van der Waals surface area contributed by atoms with E-state index in [-0.39, 0.29) is 11.2 Å². The fourth-order valence-corrected chi connectivity index (χ4v) is 2.22. The molecule has 4 nitrogen and oxygen atoms in total. The summed E-state index contributed by atoms with van der Waals surface area (Å²) in [6.07, 6.45) is 0. The smallest absolute Gasteiger partial charge is 0.227 e. The van der Waals surface area contributed by atoms with Gasteiger partial charge >= 0.3 is 0 Å². The summed E-state index contributed by atoms with van der Waals surface area (Å²) >= 11 is 10.5. The Hall–Kier alpha value is -0.720. The maximum Gasteiger partial charge on any atom is 0.227 e. The molecule has 0 bridgehead atoms. The zero-order chi connectivity index (χ0) is 10.1. The summed E-state index contributed by atoms with van der Waals surface area (Å²) < 4.78 is 1.00. The van der Waals surface area contributed by atoms with E-state index in [0.717, 1.165) is 9.35 Å². The van der Waals surface area contributed by atoms with Crippen LogP contribution in [0.25, 0.3) is 11.4 Å². The average Bonchev–Trinajstić information content (AvgIpc) is 2.50. The van der Waals surface area contributed by atoms with Gasteiger partial charge in [-0.1, -0.05) is 0 Å². The second-order valence-corrected chi connectivity index (χ2v) is 5.05. The Kier molecular flexibility index (Phi) is 2.66. The van der Waals surface area contributed by atoms with Crippen molar-refractivity contribution in [3.63, 3.8) is 0 Å². The number of hydrogen-bond acceptors (Lipinski definition) is 5. The third-order valence-electron chi connectivity index (χ3n) is 1.45. The van der Waals surface area contributed by atoms with Crippen LogP contribution in [0.5, 0.6) is 0 Å². The molecule has 0 saturated heterocycles. The van der Waals surface area contributed by atoms with Gasteiger partial charge in [-0.25, -0.2) is 0 Å². The Morgan fingerprint density at radius 2 is 2.14 bits per heavy atom. The summed E-state index contributed by atoms with van der Waals surface area (Å²) in [4.78, 5) is 11.6. The van der Waals surface area contributed by atoms with Crippen molar-refractivity contribution in [1.29, 1.82) is 0 Å². The third-order valence-corrected chi connectivity index (χ3v) is 3.12. The first-order valence-corrected chi connectivity index (χ1v) is 5.61. The first-order valence-electron chi connectivity index (χ1n) is 3.56. The normalized spacial score (nSPS) is 10.4. The number of thiophene rings is 1. The Bertz CT molecular complexity index is 452. The molecule has 0 aliphatic heterocycles. The second-order valence-electron chi connectivity index (χ2n) is 2.43. The summed E-state index contributed by atoms with van der Waals surface area (Å²) in [5.74, 6) is 0.617. The Morgan fingerprint density at radius 1 is 1.36 bits per heavy atom. The molecular formula is C7H4BrClN4S. The van der Waals surface area contributed by atoms with Gasteiger partial charge in [0.25, 0.3) is 0 Å². The minimum absolute atomic E-state index is 0.106. The first-order chi connectivity index (χ1) is 6.65. The lowest BCUT2D eigenvalue weighted by Gasteiger charge is -1.97. The van der Waals surface area contributed by atoms with Gasteiger partial charge in [-0.2, -0.15) is 15.0 Å². The molecule has 2 rings (SSSR count). The lowest BCUT2D eigenvalue weighted by Crippen LogP contribution is -1.99. The maximum absolute atomic E-state index is 5.66. The van der Waals surface area contributed by atoms with Gasteiger partial charge in [0.15, 0.2) is 5.82 Å². The van der Waals surface area contributed by atoms with Crippen LogP contribution in [-0.4, -0.2) is 15.0 Å². The minimum atomic E-state index is 0.106. The highest BCUT2D eigenvalue weighted by Crippen LogP contribution is 2.27. The fraction of sp³-hybridized carbons (Fsp3) is 0. The highest BCUT2D eigenvalue weighted by atomic mass is 79.9. The van der Waals surface area contributed by atoms with Crippen LogP contribution in [0, 0.1) is 0 Å². The van der Waals surface area contributed by atoms with Crippen molar-refractivity contribution >= 4 is 44.8 Å². The maximum atomic E-state index is 5.66. The number of nitrogens with two attached hydrogens (primary N) is 1. The average molecular weight is 292 g/mol. The standard InChI is InChI=1S/C7H4BrClN4S/c8-4-1-3(2-14-4)5-11-6(9)13-7(10)12-5/h1-2H,(H2,10,11,12,13). The Morgan fingerprint density at radius 3 is 2.71 bits per heavy atom. The SMILES string of the molecule is Nc1nc(Cl)nc(-c2csc(Br)c2)n1. The number of nitrogen functional groups attached to an aromatic ring is 1. The van der Waals surface area contributed by atoms with Crippen LogP contribution in [0.2, 0.25) is 5.28 Å². The van der Waals surface area contributed by atoms with Crippen molar-refractivity contribution in [2.45, 2.75) is 0 Å². The van der Waals surface area contributed by atoms with E-state index in [1.165, 1.54) is 0 Å². The molecule has 0 unspecified atom stereocenters. The van der Waals surface area contributed by atoms with Gasteiger partial charge < -0.3 is 5.73 Å². The highest BCUT2D eigenvalue weighted by Gasteiger charge is 2.06. The lowest BCUT2D eigenvalue weighted by atomic mass is 10.3. The molecule has 0 aliphatic rings. The zero-order valence-electron chi connectivity index (χ0n) is 6.74. The van der Waals surface area contributed by atoms with Gasteiger partial charge in [0, 0.05) is 10.9 Å². The van der Waals surface area contributed by atoms with E-state index in [4.69, 9.17) is 17.3 Å². The van der Waals surface area contributed by atoms with Crippen molar-refractivity contribution < 1.29 is 0 Å². The fourth-order valence-electron chi connectivity index (χ4n) is 0.922.